The largest absolute Gasteiger partial charge is 0.497 e. The highest BCUT2D eigenvalue weighted by Crippen LogP contribution is 2.28. The van der Waals surface area contributed by atoms with Gasteiger partial charge >= 0.3 is 0 Å². The van der Waals surface area contributed by atoms with Gasteiger partial charge in [-0.1, -0.05) is 29.8 Å². The molecule has 9 heteroatoms. The predicted octanol–water partition coefficient (Wildman–Crippen LogP) is 4.57. The van der Waals surface area contributed by atoms with Crippen molar-refractivity contribution < 1.29 is 9.53 Å². The average Bonchev–Trinajstić information content (AvgIpc) is 3.22. The fourth-order valence-corrected chi connectivity index (χ4v) is 4.74. The summed E-state index contributed by atoms with van der Waals surface area (Å²) in [6.45, 7) is 5.69. The van der Waals surface area contributed by atoms with E-state index in [1.54, 1.807) is 7.11 Å². The molecule has 2 heterocycles. The number of carbonyl (C=O) groups excluding carboxylic acids is 1. The highest BCUT2D eigenvalue weighted by Gasteiger charge is 2.25. The molecule has 174 valence electrons. The fourth-order valence-electron chi connectivity index (χ4n) is 4.22. The summed E-state index contributed by atoms with van der Waals surface area (Å²) in [6.07, 6.45) is 0.372. The SMILES string of the molecule is COc1ccc(-c2n[nH]c(=S)n2CCC(=O)N2CCN(C(C)c3ccccc3Cl)CC2)cc1. The van der Waals surface area contributed by atoms with E-state index in [2.05, 4.69) is 28.1 Å². The number of rotatable bonds is 7. The Bertz CT molecular complexity index is 1150. The third-order valence-corrected chi connectivity index (χ3v) is 6.88. The van der Waals surface area contributed by atoms with E-state index in [0.29, 0.717) is 36.7 Å². The molecule has 4 rings (SSSR count). The van der Waals surface area contributed by atoms with Gasteiger partial charge in [-0.15, -0.1) is 0 Å². The van der Waals surface area contributed by atoms with Crippen LogP contribution in [0, 0.1) is 4.77 Å². The molecule has 0 aliphatic carbocycles. The van der Waals surface area contributed by atoms with E-state index in [9.17, 15) is 4.79 Å². The first-order valence-corrected chi connectivity index (χ1v) is 11.8. The number of aromatic nitrogens is 3. The Labute approximate surface area is 203 Å². The summed E-state index contributed by atoms with van der Waals surface area (Å²) >= 11 is 11.8. The topological polar surface area (TPSA) is 66.4 Å². The van der Waals surface area contributed by atoms with Crippen LogP contribution in [0.4, 0.5) is 0 Å². The summed E-state index contributed by atoms with van der Waals surface area (Å²) < 4.78 is 7.61. The van der Waals surface area contributed by atoms with Gasteiger partial charge in [0.15, 0.2) is 10.6 Å². The highest BCUT2D eigenvalue weighted by molar-refractivity contribution is 7.71. The molecule has 33 heavy (non-hydrogen) atoms. The van der Waals surface area contributed by atoms with E-state index >= 15 is 0 Å². The number of methoxy groups -OCH3 is 1. The van der Waals surface area contributed by atoms with Gasteiger partial charge in [0.25, 0.3) is 0 Å². The minimum Gasteiger partial charge on any atom is -0.497 e. The molecule has 1 amide bonds. The predicted molar refractivity (Wildman–Crippen MR) is 132 cm³/mol. The molecule has 0 bridgehead atoms. The van der Waals surface area contributed by atoms with Crippen molar-refractivity contribution in [3.05, 3.63) is 63.9 Å². The molecule has 1 saturated heterocycles. The van der Waals surface area contributed by atoms with Crippen molar-refractivity contribution >= 4 is 29.7 Å². The van der Waals surface area contributed by atoms with Crippen LogP contribution in [0.3, 0.4) is 0 Å². The molecular weight excluding hydrogens is 458 g/mol. The van der Waals surface area contributed by atoms with Gasteiger partial charge in [-0.2, -0.15) is 5.10 Å². The zero-order chi connectivity index (χ0) is 23.4. The zero-order valence-corrected chi connectivity index (χ0v) is 20.4. The number of piperazine rings is 1. The molecule has 7 nitrogen and oxygen atoms in total. The van der Waals surface area contributed by atoms with E-state index in [1.807, 2.05) is 51.9 Å². The third-order valence-electron chi connectivity index (χ3n) is 6.23. The number of halogens is 1. The van der Waals surface area contributed by atoms with Crippen LogP contribution in [0.15, 0.2) is 48.5 Å². The van der Waals surface area contributed by atoms with E-state index in [0.717, 1.165) is 35.0 Å². The number of ether oxygens (including phenoxy) is 1. The van der Waals surface area contributed by atoms with Gasteiger partial charge in [-0.25, -0.2) is 0 Å². The summed E-state index contributed by atoms with van der Waals surface area (Å²) in [4.78, 5) is 17.2. The molecule has 1 aliphatic heterocycles. The Morgan fingerprint density at radius 3 is 2.52 bits per heavy atom. The first kappa shape index (κ1) is 23.5. The van der Waals surface area contributed by atoms with E-state index in [-0.39, 0.29) is 11.9 Å². The van der Waals surface area contributed by atoms with Crippen LogP contribution in [0.25, 0.3) is 11.4 Å². The molecule has 1 aromatic heterocycles. The van der Waals surface area contributed by atoms with Gasteiger partial charge in [0.2, 0.25) is 5.91 Å². The number of benzene rings is 2. The first-order valence-electron chi connectivity index (χ1n) is 11.0. The van der Waals surface area contributed by atoms with Gasteiger partial charge in [-0.3, -0.25) is 19.4 Å². The molecule has 0 radical (unpaired) electrons. The Morgan fingerprint density at radius 2 is 1.85 bits per heavy atom. The minimum absolute atomic E-state index is 0.129. The van der Waals surface area contributed by atoms with Gasteiger partial charge in [0.1, 0.15) is 5.75 Å². The van der Waals surface area contributed by atoms with Crippen molar-refractivity contribution in [2.45, 2.75) is 25.9 Å². The lowest BCUT2D eigenvalue weighted by Crippen LogP contribution is -2.49. The maximum absolute atomic E-state index is 12.9. The average molecular weight is 486 g/mol. The summed E-state index contributed by atoms with van der Waals surface area (Å²) in [5.74, 6) is 1.62. The Morgan fingerprint density at radius 1 is 1.15 bits per heavy atom. The summed E-state index contributed by atoms with van der Waals surface area (Å²) in [7, 11) is 1.63. The number of H-pyrrole nitrogens is 1. The fraction of sp³-hybridized carbons (Fsp3) is 0.375. The maximum atomic E-state index is 12.9. The van der Waals surface area contributed by atoms with Crippen LogP contribution < -0.4 is 4.74 Å². The maximum Gasteiger partial charge on any atom is 0.224 e. The minimum atomic E-state index is 0.129. The van der Waals surface area contributed by atoms with Crippen LogP contribution in [0.5, 0.6) is 5.75 Å². The van der Waals surface area contributed by atoms with Crippen molar-refractivity contribution in [2.75, 3.05) is 33.3 Å². The number of amides is 1. The van der Waals surface area contributed by atoms with Gasteiger partial charge in [0, 0.05) is 55.8 Å². The number of aromatic amines is 1. The molecule has 1 unspecified atom stereocenters. The molecule has 1 aliphatic rings. The lowest BCUT2D eigenvalue weighted by atomic mass is 10.1. The Kier molecular flexibility index (Phi) is 7.47. The van der Waals surface area contributed by atoms with Crippen molar-refractivity contribution in [3.63, 3.8) is 0 Å². The molecular formula is C24H28ClN5O2S. The monoisotopic (exact) mass is 485 g/mol. The van der Waals surface area contributed by atoms with Crippen LogP contribution in [0.2, 0.25) is 5.02 Å². The Balaban J connectivity index is 1.34. The van der Waals surface area contributed by atoms with E-state index < -0.39 is 0 Å². The number of hydrogen-bond acceptors (Lipinski definition) is 5. The number of carbonyl (C=O) groups is 1. The van der Waals surface area contributed by atoms with Crippen molar-refractivity contribution in [1.82, 2.24) is 24.6 Å². The second kappa shape index (κ2) is 10.5. The molecule has 0 saturated carbocycles. The first-order chi connectivity index (χ1) is 16.0. The Hall–Kier alpha value is -2.68. The molecule has 1 fully saturated rings. The second-order valence-electron chi connectivity index (χ2n) is 8.10. The number of hydrogen-bond donors (Lipinski definition) is 1. The smallest absolute Gasteiger partial charge is 0.224 e. The van der Waals surface area contributed by atoms with Crippen LogP contribution in [0.1, 0.15) is 24.9 Å². The lowest BCUT2D eigenvalue weighted by molar-refractivity contribution is -0.133. The molecule has 2 aromatic carbocycles. The van der Waals surface area contributed by atoms with E-state index in [4.69, 9.17) is 28.6 Å². The lowest BCUT2D eigenvalue weighted by Gasteiger charge is -2.38. The third kappa shape index (κ3) is 5.29. The van der Waals surface area contributed by atoms with Crippen molar-refractivity contribution in [1.29, 1.82) is 0 Å². The van der Waals surface area contributed by atoms with Crippen molar-refractivity contribution in [2.24, 2.45) is 0 Å². The van der Waals surface area contributed by atoms with Gasteiger partial charge in [0.05, 0.1) is 7.11 Å². The van der Waals surface area contributed by atoms with Crippen LogP contribution in [-0.2, 0) is 11.3 Å². The van der Waals surface area contributed by atoms with Gasteiger partial charge < -0.3 is 9.64 Å². The molecule has 1 atom stereocenters. The van der Waals surface area contributed by atoms with Crippen LogP contribution in [-0.4, -0.2) is 63.8 Å². The molecule has 1 N–H and O–H groups in total. The normalized spacial score (nSPS) is 15.4. The van der Waals surface area contributed by atoms with Gasteiger partial charge in [-0.05, 0) is 55.0 Å². The van der Waals surface area contributed by atoms with Crippen LogP contribution >= 0.6 is 23.8 Å². The standard InChI is InChI=1S/C24H28ClN5O2S/c1-17(20-5-3-4-6-21(20)25)28-13-15-29(16-14-28)22(31)11-12-30-23(26-27-24(30)33)18-7-9-19(32-2)10-8-18/h3-10,17H,11-16H2,1-2H3,(H,27,33). The quantitative estimate of drug-likeness (QED) is 0.497. The second-order valence-corrected chi connectivity index (χ2v) is 8.89. The summed E-state index contributed by atoms with van der Waals surface area (Å²) in [5.41, 5.74) is 2.04. The molecule has 0 spiro atoms. The zero-order valence-electron chi connectivity index (χ0n) is 18.8. The summed E-state index contributed by atoms with van der Waals surface area (Å²) in [5, 5.41) is 7.99. The number of nitrogens with zero attached hydrogens (tertiary/aromatic N) is 4. The highest BCUT2D eigenvalue weighted by atomic mass is 35.5. The number of nitrogens with one attached hydrogen (secondary N) is 1. The molecule has 3 aromatic rings. The summed E-state index contributed by atoms with van der Waals surface area (Å²) in [6, 6.07) is 15.8. The van der Waals surface area contributed by atoms with E-state index in [1.165, 1.54) is 0 Å². The van der Waals surface area contributed by atoms with Crippen molar-refractivity contribution in [3.8, 4) is 17.1 Å².